The van der Waals surface area contributed by atoms with E-state index in [1.165, 1.54) is 0 Å². The van der Waals surface area contributed by atoms with E-state index in [1.807, 2.05) is 12.3 Å². The van der Waals surface area contributed by atoms with Crippen molar-refractivity contribution in [1.82, 2.24) is 15.1 Å². The van der Waals surface area contributed by atoms with Crippen molar-refractivity contribution < 1.29 is 19.3 Å². The Bertz CT molecular complexity index is 647. The van der Waals surface area contributed by atoms with Crippen molar-refractivity contribution in [2.24, 2.45) is 0 Å². The minimum absolute atomic E-state index is 0.233. The zero-order valence-electron chi connectivity index (χ0n) is 13.9. The lowest BCUT2D eigenvalue weighted by Crippen LogP contribution is -2.48. The van der Waals surface area contributed by atoms with E-state index in [0.717, 1.165) is 25.1 Å². The average Bonchev–Trinajstić information content (AvgIpc) is 3.10. The summed E-state index contributed by atoms with van der Waals surface area (Å²) in [4.78, 5) is 2.20. The van der Waals surface area contributed by atoms with Gasteiger partial charge in [0.25, 0.3) is 0 Å². The van der Waals surface area contributed by atoms with Gasteiger partial charge in [0, 0.05) is 37.5 Å². The van der Waals surface area contributed by atoms with Crippen molar-refractivity contribution in [3.8, 4) is 17.2 Å². The molecule has 1 aliphatic heterocycles. The Morgan fingerprint density at radius 2 is 2.12 bits per heavy atom. The number of benzene rings is 1. The maximum Gasteiger partial charge on any atom is 0.164 e. The SMILES string of the molecule is COc1ccc(O[C@@H]2CCN(Cc3cn[nH]c3)C[C@H]2O)cc1OC. The van der Waals surface area contributed by atoms with E-state index in [-0.39, 0.29) is 6.10 Å². The predicted octanol–water partition coefficient (Wildman–Crippen LogP) is 1.44. The van der Waals surface area contributed by atoms with Gasteiger partial charge in [0.15, 0.2) is 11.5 Å². The number of aromatic nitrogens is 2. The predicted molar refractivity (Wildman–Crippen MR) is 88.5 cm³/mol. The third-order valence-electron chi connectivity index (χ3n) is 4.21. The molecule has 130 valence electrons. The molecule has 2 aromatic rings. The number of aliphatic hydroxyl groups is 1. The highest BCUT2D eigenvalue weighted by atomic mass is 16.5. The molecule has 0 spiro atoms. The lowest BCUT2D eigenvalue weighted by Gasteiger charge is -2.35. The molecule has 0 unspecified atom stereocenters. The van der Waals surface area contributed by atoms with Crippen LogP contribution in [0, 0.1) is 0 Å². The second kappa shape index (κ2) is 7.55. The highest BCUT2D eigenvalue weighted by molar-refractivity contribution is 5.45. The van der Waals surface area contributed by atoms with Gasteiger partial charge in [-0.1, -0.05) is 0 Å². The van der Waals surface area contributed by atoms with E-state index in [1.54, 1.807) is 32.5 Å². The molecule has 0 radical (unpaired) electrons. The van der Waals surface area contributed by atoms with Crippen molar-refractivity contribution in [2.75, 3.05) is 27.3 Å². The van der Waals surface area contributed by atoms with Crippen LogP contribution in [0.2, 0.25) is 0 Å². The highest BCUT2D eigenvalue weighted by Crippen LogP contribution is 2.32. The number of nitrogens with one attached hydrogen (secondary N) is 1. The Kier molecular flexibility index (Phi) is 5.22. The number of methoxy groups -OCH3 is 2. The number of rotatable bonds is 6. The van der Waals surface area contributed by atoms with E-state index < -0.39 is 6.10 Å². The fourth-order valence-electron chi connectivity index (χ4n) is 2.94. The summed E-state index contributed by atoms with van der Waals surface area (Å²) >= 11 is 0. The van der Waals surface area contributed by atoms with E-state index in [2.05, 4.69) is 15.1 Å². The van der Waals surface area contributed by atoms with Gasteiger partial charge in [-0.25, -0.2) is 0 Å². The summed E-state index contributed by atoms with van der Waals surface area (Å²) < 4.78 is 16.5. The number of piperidine rings is 1. The molecular weight excluding hydrogens is 310 g/mol. The van der Waals surface area contributed by atoms with Crippen LogP contribution in [0.3, 0.4) is 0 Å². The quantitative estimate of drug-likeness (QED) is 0.833. The standard InChI is InChI=1S/C17H23N3O4/c1-22-16-4-3-13(7-17(16)23-2)24-15-5-6-20(11-14(15)21)10-12-8-18-19-9-12/h3-4,7-9,14-15,21H,5-6,10-11H2,1-2H3,(H,18,19)/t14-,15-/m1/s1. The lowest BCUT2D eigenvalue weighted by molar-refractivity contribution is -0.0275. The third-order valence-corrected chi connectivity index (χ3v) is 4.21. The van der Waals surface area contributed by atoms with Crippen LogP contribution in [-0.2, 0) is 6.54 Å². The molecule has 7 heteroatoms. The molecule has 2 heterocycles. The first-order valence-corrected chi connectivity index (χ1v) is 7.96. The van der Waals surface area contributed by atoms with Crippen molar-refractivity contribution in [3.05, 3.63) is 36.2 Å². The Balaban J connectivity index is 1.59. The number of likely N-dealkylation sites (tertiary alicyclic amines) is 1. The largest absolute Gasteiger partial charge is 0.493 e. The van der Waals surface area contributed by atoms with Crippen LogP contribution in [0.15, 0.2) is 30.6 Å². The van der Waals surface area contributed by atoms with Gasteiger partial charge >= 0.3 is 0 Å². The van der Waals surface area contributed by atoms with E-state index in [9.17, 15) is 5.11 Å². The van der Waals surface area contributed by atoms with E-state index in [0.29, 0.717) is 23.8 Å². The molecule has 0 amide bonds. The van der Waals surface area contributed by atoms with Crippen LogP contribution in [-0.4, -0.2) is 59.7 Å². The first-order chi connectivity index (χ1) is 11.7. The van der Waals surface area contributed by atoms with E-state index >= 15 is 0 Å². The van der Waals surface area contributed by atoms with Gasteiger partial charge in [-0.15, -0.1) is 0 Å². The monoisotopic (exact) mass is 333 g/mol. The Morgan fingerprint density at radius 3 is 2.79 bits per heavy atom. The van der Waals surface area contributed by atoms with Gasteiger partial charge in [0.2, 0.25) is 0 Å². The number of β-amino-alcohol motifs (C(OH)–C–C–N with tert-alkyl or cyclic N) is 1. The Morgan fingerprint density at radius 1 is 1.29 bits per heavy atom. The molecule has 1 fully saturated rings. The highest BCUT2D eigenvalue weighted by Gasteiger charge is 2.29. The number of hydrogen-bond donors (Lipinski definition) is 2. The fraction of sp³-hybridized carbons (Fsp3) is 0.471. The fourth-order valence-corrected chi connectivity index (χ4v) is 2.94. The Hall–Kier alpha value is -2.25. The summed E-state index contributed by atoms with van der Waals surface area (Å²) in [5, 5.41) is 17.2. The number of hydrogen-bond acceptors (Lipinski definition) is 6. The zero-order valence-corrected chi connectivity index (χ0v) is 13.9. The zero-order chi connectivity index (χ0) is 16.9. The first-order valence-electron chi connectivity index (χ1n) is 7.96. The van der Waals surface area contributed by atoms with Gasteiger partial charge in [-0.3, -0.25) is 10.00 Å². The summed E-state index contributed by atoms with van der Waals surface area (Å²) in [5.74, 6) is 1.93. The molecule has 1 saturated heterocycles. The minimum Gasteiger partial charge on any atom is -0.493 e. The number of aliphatic hydroxyl groups excluding tert-OH is 1. The summed E-state index contributed by atoms with van der Waals surface area (Å²) in [6.07, 6.45) is 3.66. The molecule has 0 saturated carbocycles. The van der Waals surface area contributed by atoms with Gasteiger partial charge in [-0.05, 0) is 18.6 Å². The molecule has 2 atom stereocenters. The van der Waals surface area contributed by atoms with Gasteiger partial charge in [0.1, 0.15) is 18.0 Å². The molecule has 3 rings (SSSR count). The van der Waals surface area contributed by atoms with Crippen LogP contribution >= 0.6 is 0 Å². The summed E-state index contributed by atoms with van der Waals surface area (Å²) in [7, 11) is 3.18. The average molecular weight is 333 g/mol. The van der Waals surface area contributed by atoms with Crippen LogP contribution < -0.4 is 14.2 Å². The second-order valence-corrected chi connectivity index (χ2v) is 5.87. The molecule has 1 aromatic carbocycles. The second-order valence-electron chi connectivity index (χ2n) is 5.87. The van der Waals surface area contributed by atoms with Gasteiger partial charge < -0.3 is 19.3 Å². The lowest BCUT2D eigenvalue weighted by atomic mass is 10.0. The molecule has 1 aliphatic rings. The van der Waals surface area contributed by atoms with Crippen molar-refractivity contribution >= 4 is 0 Å². The number of aromatic amines is 1. The van der Waals surface area contributed by atoms with Gasteiger partial charge in [-0.2, -0.15) is 5.10 Å². The summed E-state index contributed by atoms with van der Waals surface area (Å²) in [5.41, 5.74) is 1.11. The topological polar surface area (TPSA) is 79.8 Å². The molecule has 24 heavy (non-hydrogen) atoms. The third kappa shape index (κ3) is 3.80. The molecule has 2 N–H and O–H groups in total. The normalized spacial score (nSPS) is 21.5. The molecule has 1 aromatic heterocycles. The Labute approximate surface area is 141 Å². The van der Waals surface area contributed by atoms with Gasteiger partial charge in [0.05, 0.1) is 20.4 Å². The van der Waals surface area contributed by atoms with E-state index in [4.69, 9.17) is 14.2 Å². The smallest absolute Gasteiger partial charge is 0.164 e. The van der Waals surface area contributed by atoms with Crippen molar-refractivity contribution in [3.63, 3.8) is 0 Å². The minimum atomic E-state index is -0.543. The number of ether oxygens (including phenoxy) is 3. The van der Waals surface area contributed by atoms with Crippen LogP contribution in [0.1, 0.15) is 12.0 Å². The van der Waals surface area contributed by atoms with Crippen LogP contribution in [0.4, 0.5) is 0 Å². The maximum atomic E-state index is 10.4. The van der Waals surface area contributed by atoms with Crippen molar-refractivity contribution in [1.29, 1.82) is 0 Å². The first kappa shape index (κ1) is 16.6. The molecular formula is C17H23N3O4. The molecule has 0 bridgehead atoms. The molecule has 7 nitrogen and oxygen atoms in total. The summed E-state index contributed by atoms with van der Waals surface area (Å²) in [6, 6.07) is 5.41. The summed E-state index contributed by atoms with van der Waals surface area (Å²) in [6.45, 7) is 2.21. The number of nitrogens with zero attached hydrogens (tertiary/aromatic N) is 2. The van der Waals surface area contributed by atoms with Crippen molar-refractivity contribution in [2.45, 2.75) is 25.2 Å². The van der Waals surface area contributed by atoms with Crippen LogP contribution in [0.5, 0.6) is 17.2 Å². The van der Waals surface area contributed by atoms with Crippen LogP contribution in [0.25, 0.3) is 0 Å². The molecule has 0 aliphatic carbocycles. The number of H-pyrrole nitrogens is 1. The maximum absolute atomic E-state index is 10.4.